The molecule has 4 aliphatic rings. The Morgan fingerprint density at radius 2 is 1.57 bits per heavy atom. The van der Waals surface area contributed by atoms with Crippen LogP contribution >= 0.6 is 0 Å². The summed E-state index contributed by atoms with van der Waals surface area (Å²) in [6.45, 7) is 7.38. The van der Waals surface area contributed by atoms with Crippen molar-refractivity contribution in [1.29, 1.82) is 0 Å². The SMILES string of the molecule is O=C1CCC(N2C(=O)c3cccc(NCCCN4CCN(CCCC5CCCC5)CC4)c3C2=O)C(=O)N1. The summed E-state index contributed by atoms with van der Waals surface area (Å²) < 4.78 is 0. The van der Waals surface area contributed by atoms with Gasteiger partial charge in [-0.3, -0.25) is 29.4 Å². The molecule has 1 aromatic carbocycles. The van der Waals surface area contributed by atoms with Gasteiger partial charge in [0.1, 0.15) is 6.04 Å². The van der Waals surface area contributed by atoms with Crippen LogP contribution < -0.4 is 10.6 Å². The second-order valence-electron chi connectivity index (χ2n) is 10.9. The number of imide groups is 2. The van der Waals surface area contributed by atoms with E-state index >= 15 is 0 Å². The Morgan fingerprint density at radius 1 is 0.865 bits per heavy atom. The highest BCUT2D eigenvalue weighted by Gasteiger charge is 2.45. The number of hydrogen-bond donors (Lipinski definition) is 2. The van der Waals surface area contributed by atoms with Gasteiger partial charge in [0, 0.05) is 44.8 Å². The summed E-state index contributed by atoms with van der Waals surface area (Å²) in [6.07, 6.45) is 9.68. The van der Waals surface area contributed by atoms with E-state index in [0.29, 0.717) is 23.4 Å². The molecular weight excluding hydrogens is 470 g/mol. The minimum absolute atomic E-state index is 0.115. The van der Waals surface area contributed by atoms with E-state index in [1.165, 1.54) is 45.1 Å². The molecule has 1 aliphatic carbocycles. The Hall–Kier alpha value is -2.78. The third-order valence-corrected chi connectivity index (χ3v) is 8.46. The van der Waals surface area contributed by atoms with Crippen LogP contribution in [-0.2, 0) is 9.59 Å². The maximum atomic E-state index is 13.2. The van der Waals surface area contributed by atoms with Gasteiger partial charge in [-0.05, 0) is 56.8 Å². The monoisotopic (exact) mass is 509 g/mol. The number of nitrogens with one attached hydrogen (secondary N) is 2. The van der Waals surface area contributed by atoms with Crippen LogP contribution in [0.5, 0.6) is 0 Å². The van der Waals surface area contributed by atoms with Gasteiger partial charge >= 0.3 is 0 Å². The highest BCUT2D eigenvalue weighted by atomic mass is 16.2. The molecule has 1 aromatic rings. The Morgan fingerprint density at radius 3 is 2.27 bits per heavy atom. The maximum absolute atomic E-state index is 13.2. The fraction of sp³-hybridized carbons (Fsp3) is 0.643. The smallest absolute Gasteiger partial charge is 0.264 e. The van der Waals surface area contributed by atoms with Crippen molar-refractivity contribution in [2.24, 2.45) is 5.92 Å². The van der Waals surface area contributed by atoms with Crippen LogP contribution in [0.15, 0.2) is 18.2 Å². The molecule has 0 radical (unpaired) electrons. The lowest BCUT2D eigenvalue weighted by Crippen LogP contribution is -2.54. The number of hydrogen-bond acceptors (Lipinski definition) is 7. The number of benzene rings is 1. The molecule has 9 nitrogen and oxygen atoms in total. The van der Waals surface area contributed by atoms with Crippen LogP contribution in [0.3, 0.4) is 0 Å². The second-order valence-corrected chi connectivity index (χ2v) is 10.9. The number of carbonyl (C=O) groups is 4. The predicted molar refractivity (Wildman–Crippen MR) is 140 cm³/mol. The Kier molecular flexibility index (Phi) is 8.20. The van der Waals surface area contributed by atoms with E-state index in [2.05, 4.69) is 20.4 Å². The fourth-order valence-electron chi connectivity index (χ4n) is 6.33. The quantitative estimate of drug-likeness (QED) is 0.369. The molecule has 4 amide bonds. The number of carbonyl (C=O) groups excluding carboxylic acids is 4. The Bertz CT molecular complexity index is 1030. The van der Waals surface area contributed by atoms with E-state index in [1.54, 1.807) is 12.1 Å². The molecule has 1 saturated carbocycles. The minimum Gasteiger partial charge on any atom is -0.384 e. The first-order valence-corrected chi connectivity index (χ1v) is 14.0. The van der Waals surface area contributed by atoms with E-state index in [1.807, 2.05) is 6.07 Å². The highest BCUT2D eigenvalue weighted by molar-refractivity contribution is 6.25. The predicted octanol–water partition coefficient (Wildman–Crippen LogP) is 2.48. The zero-order chi connectivity index (χ0) is 25.8. The number of amides is 4. The molecule has 0 bridgehead atoms. The van der Waals surface area contributed by atoms with Crippen molar-refractivity contribution in [3.05, 3.63) is 29.3 Å². The first-order valence-electron chi connectivity index (χ1n) is 14.0. The summed E-state index contributed by atoms with van der Waals surface area (Å²) in [7, 11) is 0. The molecule has 3 aliphatic heterocycles. The lowest BCUT2D eigenvalue weighted by molar-refractivity contribution is -0.136. The van der Waals surface area contributed by atoms with E-state index in [9.17, 15) is 19.2 Å². The van der Waals surface area contributed by atoms with Gasteiger partial charge in [0.25, 0.3) is 11.8 Å². The Labute approximate surface area is 218 Å². The van der Waals surface area contributed by atoms with Crippen LogP contribution in [0.4, 0.5) is 5.69 Å². The van der Waals surface area contributed by atoms with E-state index < -0.39 is 23.8 Å². The summed E-state index contributed by atoms with van der Waals surface area (Å²) in [6, 6.07) is 4.24. The summed E-state index contributed by atoms with van der Waals surface area (Å²) in [4.78, 5) is 56.1. The molecule has 2 saturated heterocycles. The molecule has 1 atom stereocenters. The van der Waals surface area contributed by atoms with Crippen molar-refractivity contribution in [3.8, 4) is 0 Å². The molecule has 9 heteroatoms. The van der Waals surface area contributed by atoms with E-state index in [-0.39, 0.29) is 18.7 Å². The van der Waals surface area contributed by atoms with Gasteiger partial charge in [-0.2, -0.15) is 0 Å². The fourth-order valence-corrected chi connectivity index (χ4v) is 6.33. The van der Waals surface area contributed by atoms with Crippen LogP contribution in [0, 0.1) is 5.92 Å². The number of nitrogens with zero attached hydrogens (tertiary/aromatic N) is 3. The van der Waals surface area contributed by atoms with Gasteiger partial charge in [0.15, 0.2) is 0 Å². The number of piperidine rings is 1. The zero-order valence-corrected chi connectivity index (χ0v) is 21.7. The van der Waals surface area contributed by atoms with E-state index in [0.717, 1.165) is 50.0 Å². The molecule has 2 N–H and O–H groups in total. The molecule has 200 valence electrons. The standard InChI is InChI=1S/C28H39N5O4/c34-24-12-11-23(26(35)30-24)33-27(36)21-9-3-10-22(25(21)28(33)37)29-13-5-15-32-18-16-31(17-19-32)14-4-8-20-6-1-2-7-20/h3,9-10,20,23,29H,1-2,4-8,11-19H2,(H,30,34,35). The van der Waals surface area contributed by atoms with Crippen LogP contribution in [-0.4, -0.2) is 90.2 Å². The molecule has 1 unspecified atom stereocenters. The normalized spacial score (nSPS) is 23.6. The molecule has 0 aromatic heterocycles. The van der Waals surface area contributed by atoms with Gasteiger partial charge in [0.05, 0.1) is 11.1 Å². The van der Waals surface area contributed by atoms with Crippen molar-refractivity contribution in [3.63, 3.8) is 0 Å². The van der Waals surface area contributed by atoms with Gasteiger partial charge in [-0.1, -0.05) is 31.7 Å². The summed E-state index contributed by atoms with van der Waals surface area (Å²) >= 11 is 0. The number of anilines is 1. The van der Waals surface area contributed by atoms with Crippen molar-refractivity contribution >= 4 is 29.3 Å². The number of rotatable bonds is 10. The largest absolute Gasteiger partial charge is 0.384 e. The van der Waals surface area contributed by atoms with Crippen molar-refractivity contribution in [2.45, 2.75) is 63.8 Å². The van der Waals surface area contributed by atoms with Crippen LogP contribution in [0.1, 0.15) is 78.5 Å². The lowest BCUT2D eigenvalue weighted by Gasteiger charge is -2.34. The second kappa shape index (κ2) is 11.7. The topological polar surface area (TPSA) is 102 Å². The molecule has 5 rings (SSSR count). The van der Waals surface area contributed by atoms with Gasteiger partial charge < -0.3 is 15.1 Å². The third-order valence-electron chi connectivity index (χ3n) is 8.46. The van der Waals surface area contributed by atoms with Gasteiger partial charge in [-0.25, -0.2) is 0 Å². The number of piperazine rings is 1. The van der Waals surface area contributed by atoms with Gasteiger partial charge in [-0.15, -0.1) is 0 Å². The highest BCUT2D eigenvalue weighted by Crippen LogP contribution is 2.32. The summed E-state index contributed by atoms with van der Waals surface area (Å²) in [5, 5.41) is 5.59. The third kappa shape index (κ3) is 5.88. The zero-order valence-electron chi connectivity index (χ0n) is 21.7. The first kappa shape index (κ1) is 25.9. The van der Waals surface area contributed by atoms with Gasteiger partial charge in [0.2, 0.25) is 11.8 Å². The minimum atomic E-state index is -0.945. The van der Waals surface area contributed by atoms with Crippen LogP contribution in [0.25, 0.3) is 0 Å². The average Bonchev–Trinajstić information content (AvgIpc) is 3.50. The summed E-state index contributed by atoms with van der Waals surface area (Å²) in [5.74, 6) is -0.926. The Balaban J connectivity index is 1.06. The van der Waals surface area contributed by atoms with Crippen molar-refractivity contribution in [2.75, 3.05) is 51.1 Å². The number of fused-ring (bicyclic) bond motifs is 1. The molecule has 3 heterocycles. The average molecular weight is 510 g/mol. The first-order chi connectivity index (χ1) is 18.0. The molecule has 37 heavy (non-hydrogen) atoms. The molecule has 3 fully saturated rings. The van der Waals surface area contributed by atoms with E-state index in [4.69, 9.17) is 0 Å². The molecular formula is C28H39N5O4. The molecule has 0 spiro atoms. The maximum Gasteiger partial charge on any atom is 0.264 e. The summed E-state index contributed by atoms with van der Waals surface area (Å²) in [5.41, 5.74) is 1.25. The van der Waals surface area contributed by atoms with Crippen molar-refractivity contribution in [1.82, 2.24) is 20.0 Å². The lowest BCUT2D eigenvalue weighted by atomic mass is 10.0. The van der Waals surface area contributed by atoms with Crippen molar-refractivity contribution < 1.29 is 19.2 Å². The van der Waals surface area contributed by atoms with Crippen LogP contribution in [0.2, 0.25) is 0 Å².